The Kier molecular flexibility index (Phi) is 13.5. The van der Waals surface area contributed by atoms with Crippen LogP contribution in [-0.4, -0.2) is 32.1 Å². The lowest BCUT2D eigenvalue weighted by atomic mass is 10.5. The van der Waals surface area contributed by atoms with Gasteiger partial charge in [0.15, 0.2) is 12.0 Å². The monoisotopic (exact) mass is 323 g/mol. The zero-order valence-electron chi connectivity index (χ0n) is 12.1. The van der Waals surface area contributed by atoms with Gasteiger partial charge in [-0.05, 0) is 18.2 Å². The van der Waals surface area contributed by atoms with Crippen LogP contribution in [0.15, 0.2) is 39.4 Å². The molecule has 8 nitrogen and oxygen atoms in total. The molecule has 10 heteroatoms. The van der Waals surface area contributed by atoms with Crippen molar-refractivity contribution < 1.29 is 47.3 Å². The number of rotatable bonds is 3. The lowest BCUT2D eigenvalue weighted by Gasteiger charge is -1.87. The van der Waals surface area contributed by atoms with Crippen LogP contribution in [0.1, 0.15) is 21.1 Å². The SMILES string of the molecule is COc1ccc(C=O)o1.F.O=C(O)c1ccco1.O=C=O.[2H]F. The van der Waals surface area contributed by atoms with E-state index in [2.05, 4.69) is 10.6 Å². The van der Waals surface area contributed by atoms with Gasteiger partial charge in [0, 0.05) is 6.07 Å². The highest BCUT2D eigenvalue weighted by molar-refractivity contribution is 5.84. The molecule has 0 radical (unpaired) electrons. The number of carboxylic acids is 1. The third-order valence-corrected chi connectivity index (χ3v) is 1.65. The fourth-order valence-electron chi connectivity index (χ4n) is 0.908. The van der Waals surface area contributed by atoms with Crippen LogP contribution < -0.4 is 4.74 Å². The van der Waals surface area contributed by atoms with E-state index in [9.17, 15) is 9.59 Å². The molecule has 0 bridgehead atoms. The highest BCUT2D eigenvalue weighted by atomic mass is 19.0. The van der Waals surface area contributed by atoms with Gasteiger partial charge in [0.1, 0.15) is 0 Å². The van der Waals surface area contributed by atoms with Gasteiger partial charge in [-0.3, -0.25) is 14.2 Å². The zero-order valence-corrected chi connectivity index (χ0v) is 11.1. The van der Waals surface area contributed by atoms with Crippen molar-refractivity contribution in [3.8, 4) is 5.95 Å². The Balaban J connectivity index is -0.000000265. The third-order valence-electron chi connectivity index (χ3n) is 1.65. The second-order valence-corrected chi connectivity index (χ2v) is 2.84. The molecule has 2 aromatic heterocycles. The van der Waals surface area contributed by atoms with Crippen LogP contribution in [0.25, 0.3) is 0 Å². The number of carboxylic acid groups (broad SMARTS) is 1. The van der Waals surface area contributed by atoms with Crippen LogP contribution in [0.2, 0.25) is 0 Å². The molecule has 0 aliphatic heterocycles. The van der Waals surface area contributed by atoms with E-state index in [0.29, 0.717) is 12.2 Å². The van der Waals surface area contributed by atoms with Crippen LogP contribution in [0.3, 0.4) is 0 Å². The summed E-state index contributed by atoms with van der Waals surface area (Å²) in [5, 5.41) is 8.18. The highest BCUT2D eigenvalue weighted by Gasteiger charge is 2.01. The number of furan rings is 2. The number of hydrogen-bond donors (Lipinski definition) is 1. The van der Waals surface area contributed by atoms with Gasteiger partial charge < -0.3 is 18.7 Å². The van der Waals surface area contributed by atoms with Crippen LogP contribution in [-0.2, 0) is 9.59 Å². The molecule has 122 valence electrons. The summed E-state index contributed by atoms with van der Waals surface area (Å²) < 4.78 is 27.0. The molecule has 0 saturated heterocycles. The summed E-state index contributed by atoms with van der Waals surface area (Å²) in [6, 6.07) is 6.06. The lowest BCUT2D eigenvalue weighted by molar-refractivity contribution is -0.191. The molecule has 2 rings (SSSR count). The predicted molar refractivity (Wildman–Crippen MR) is 66.3 cm³/mol. The van der Waals surface area contributed by atoms with Crippen molar-refractivity contribution in [3.05, 3.63) is 42.0 Å². The first-order valence-corrected chi connectivity index (χ1v) is 4.94. The van der Waals surface area contributed by atoms with Gasteiger partial charge in [-0.25, -0.2) is 4.79 Å². The minimum Gasteiger partial charge on any atom is -0.475 e. The Morgan fingerprint density at radius 1 is 1.36 bits per heavy atom. The van der Waals surface area contributed by atoms with Crippen LogP contribution in [0.4, 0.5) is 9.42 Å². The van der Waals surface area contributed by atoms with Crippen molar-refractivity contribution in [3.63, 3.8) is 0 Å². The molecule has 0 aliphatic carbocycles. The Labute approximate surface area is 123 Å². The van der Waals surface area contributed by atoms with E-state index in [-0.39, 0.29) is 22.4 Å². The maximum Gasteiger partial charge on any atom is 0.373 e. The number of ether oxygens (including phenoxy) is 1. The van der Waals surface area contributed by atoms with E-state index in [0.717, 1.165) is 0 Å². The predicted octanol–water partition coefficient (Wildman–Crippen LogP) is 1.80. The summed E-state index contributed by atoms with van der Waals surface area (Å²) in [5.74, 6) is -0.413. The number of hydrogen-bond acceptors (Lipinski definition) is 7. The summed E-state index contributed by atoms with van der Waals surface area (Å²) in [6.07, 6.45) is 2.20. The topological polar surface area (TPSA) is 124 Å². The average molecular weight is 323 g/mol. The maximum absolute atomic E-state index is 9.99. The fourth-order valence-corrected chi connectivity index (χ4v) is 0.908. The molecular formula is C12H12F2O8. The van der Waals surface area contributed by atoms with Gasteiger partial charge in [-0.15, -0.1) is 0 Å². The molecule has 0 saturated carbocycles. The molecule has 0 atom stereocenters. The largest absolute Gasteiger partial charge is 0.475 e. The summed E-state index contributed by atoms with van der Waals surface area (Å²) in [4.78, 5) is 36.2. The number of carbonyl (C=O) groups excluding carboxylic acids is 3. The molecule has 0 aromatic carbocycles. The molecule has 1 N–H and O–H groups in total. The van der Waals surface area contributed by atoms with Gasteiger partial charge in [0.05, 0.1) is 13.4 Å². The van der Waals surface area contributed by atoms with Crippen molar-refractivity contribution in [1.29, 1.82) is 1.45 Å². The Morgan fingerprint density at radius 2 is 1.95 bits per heavy atom. The number of halogens is 2. The zero-order chi connectivity index (χ0) is 17.4. The lowest BCUT2D eigenvalue weighted by Crippen LogP contribution is -1.90. The number of methoxy groups -OCH3 is 1. The third kappa shape index (κ3) is 9.64. The Hall–Kier alpha value is -3.26. The van der Waals surface area contributed by atoms with Crippen molar-refractivity contribution >= 4 is 18.4 Å². The first-order chi connectivity index (χ1) is 10.6. The minimum absolute atomic E-state index is 0. The molecule has 2 aromatic rings. The second-order valence-electron chi connectivity index (χ2n) is 2.84. The van der Waals surface area contributed by atoms with Crippen LogP contribution >= 0.6 is 0 Å². The molecular weight excluding hydrogens is 310 g/mol. The molecule has 22 heavy (non-hydrogen) atoms. The standard InChI is InChI=1S/C6H6O3.C5H4O3.CO2.2FH/c1-8-6-3-2-5(4-7)9-6;6-5(7)4-2-1-3-8-4;2-1-3;;/h2-4H,1H3;1-3H,(H,6,7);;2*1H/i/hD. The number of carbonyl (C=O) groups is 2. The smallest absolute Gasteiger partial charge is 0.373 e. The van der Waals surface area contributed by atoms with Crippen molar-refractivity contribution in [2.24, 2.45) is 0 Å². The Morgan fingerprint density at radius 3 is 2.18 bits per heavy atom. The van der Waals surface area contributed by atoms with E-state index in [1.165, 1.54) is 25.5 Å². The van der Waals surface area contributed by atoms with E-state index in [4.69, 9.17) is 23.8 Å². The summed E-state index contributed by atoms with van der Waals surface area (Å²) in [7, 11) is 1.48. The normalized spacial score (nSPS) is 7.64. The first-order valence-electron chi connectivity index (χ1n) is 5.31. The summed E-state index contributed by atoms with van der Waals surface area (Å²) in [5.41, 5.74) is 0. The van der Waals surface area contributed by atoms with Crippen LogP contribution in [0, 0.1) is 0 Å². The average Bonchev–Trinajstić information content (AvgIpc) is 3.22. The molecule has 2 heterocycles. The fraction of sp³-hybridized carbons (Fsp3) is 0.0833. The second kappa shape index (κ2) is 14.2. The molecule has 0 amide bonds. The summed E-state index contributed by atoms with van der Waals surface area (Å²) >= 11 is 0. The van der Waals surface area contributed by atoms with Gasteiger partial charge in [-0.2, -0.15) is 9.59 Å². The van der Waals surface area contributed by atoms with Crippen LogP contribution in [0.5, 0.6) is 5.95 Å². The quantitative estimate of drug-likeness (QED) is 0.848. The van der Waals surface area contributed by atoms with Crippen molar-refractivity contribution in [2.45, 2.75) is 0 Å². The number of aromatic carboxylic acids is 1. The molecule has 0 spiro atoms. The highest BCUT2D eigenvalue weighted by Crippen LogP contribution is 2.12. The van der Waals surface area contributed by atoms with E-state index < -0.39 is 5.97 Å². The number of aldehydes is 1. The van der Waals surface area contributed by atoms with Gasteiger partial charge in [0.25, 0.3) is 7.40 Å². The van der Waals surface area contributed by atoms with Crippen molar-refractivity contribution in [2.75, 3.05) is 7.11 Å². The summed E-state index contributed by atoms with van der Waals surface area (Å²) in [6.45, 7) is 0. The van der Waals surface area contributed by atoms with Gasteiger partial charge in [0.2, 0.25) is 5.76 Å². The molecule has 0 fully saturated rings. The van der Waals surface area contributed by atoms with E-state index in [1.54, 1.807) is 12.1 Å². The molecule has 0 aliphatic rings. The van der Waals surface area contributed by atoms with Crippen molar-refractivity contribution in [1.82, 2.24) is 0 Å². The first kappa shape index (κ1) is 21.0. The molecule has 0 unspecified atom stereocenters. The maximum atomic E-state index is 9.99. The minimum atomic E-state index is -1.03. The van der Waals surface area contributed by atoms with E-state index >= 15 is 0 Å². The van der Waals surface area contributed by atoms with E-state index in [1.807, 2.05) is 0 Å². The van der Waals surface area contributed by atoms with Gasteiger partial charge >= 0.3 is 12.1 Å². The van der Waals surface area contributed by atoms with Gasteiger partial charge in [-0.1, -0.05) is 0 Å². The Bertz CT molecular complexity index is 561.